The number of piperidine rings is 1. The summed E-state index contributed by atoms with van der Waals surface area (Å²) >= 11 is 1.96. The van der Waals surface area contributed by atoms with Gasteiger partial charge in [-0.15, -0.1) is 0 Å². The zero-order valence-electron chi connectivity index (χ0n) is 8.83. The standard InChI is InChI=1S/C10H14IN3O2/c11-8-9(15)13-6-14-10(8)16-5-7-1-3-12-4-2-7/h6-7,12H,1-5H2,(H,13,14,15). The van der Waals surface area contributed by atoms with Crippen molar-refractivity contribution in [1.29, 1.82) is 0 Å². The Morgan fingerprint density at radius 3 is 3.00 bits per heavy atom. The smallest absolute Gasteiger partial charge is 0.268 e. The highest BCUT2D eigenvalue weighted by atomic mass is 127. The van der Waals surface area contributed by atoms with E-state index in [1.807, 2.05) is 22.6 Å². The van der Waals surface area contributed by atoms with Crippen molar-refractivity contribution in [2.45, 2.75) is 12.8 Å². The van der Waals surface area contributed by atoms with E-state index in [4.69, 9.17) is 4.74 Å². The Hall–Kier alpha value is -0.630. The van der Waals surface area contributed by atoms with Crippen LogP contribution in [-0.2, 0) is 0 Å². The third kappa shape index (κ3) is 2.94. The van der Waals surface area contributed by atoms with Crippen molar-refractivity contribution < 1.29 is 4.74 Å². The molecule has 1 aliphatic heterocycles. The van der Waals surface area contributed by atoms with Crippen LogP contribution in [0.4, 0.5) is 0 Å². The van der Waals surface area contributed by atoms with Crippen LogP contribution in [0, 0.1) is 9.49 Å². The summed E-state index contributed by atoms with van der Waals surface area (Å²) in [6, 6.07) is 0. The van der Waals surface area contributed by atoms with Gasteiger partial charge in [-0.2, -0.15) is 0 Å². The van der Waals surface area contributed by atoms with E-state index in [2.05, 4.69) is 15.3 Å². The van der Waals surface area contributed by atoms with Crippen LogP contribution in [0.15, 0.2) is 11.1 Å². The van der Waals surface area contributed by atoms with E-state index in [0.717, 1.165) is 25.9 Å². The molecule has 1 saturated heterocycles. The number of hydrogen-bond donors (Lipinski definition) is 2. The van der Waals surface area contributed by atoms with Crippen LogP contribution in [0.3, 0.4) is 0 Å². The number of nitrogens with one attached hydrogen (secondary N) is 2. The number of aromatic nitrogens is 2. The second-order valence-electron chi connectivity index (χ2n) is 3.86. The van der Waals surface area contributed by atoms with Crippen molar-refractivity contribution in [3.63, 3.8) is 0 Å². The highest BCUT2D eigenvalue weighted by Gasteiger charge is 2.15. The molecule has 0 bridgehead atoms. The zero-order chi connectivity index (χ0) is 11.4. The predicted octanol–water partition coefficient (Wildman–Crippen LogP) is 0.753. The molecule has 6 heteroatoms. The maximum absolute atomic E-state index is 11.3. The molecule has 2 rings (SSSR count). The maximum atomic E-state index is 11.3. The van der Waals surface area contributed by atoms with Gasteiger partial charge in [0.05, 0.1) is 12.9 Å². The molecule has 0 amide bonds. The van der Waals surface area contributed by atoms with Gasteiger partial charge in [0.2, 0.25) is 5.88 Å². The molecule has 0 aromatic carbocycles. The first kappa shape index (κ1) is 11.8. The Balaban J connectivity index is 1.93. The summed E-state index contributed by atoms with van der Waals surface area (Å²) in [6.45, 7) is 2.75. The van der Waals surface area contributed by atoms with E-state index in [1.165, 1.54) is 6.33 Å². The lowest BCUT2D eigenvalue weighted by atomic mass is 9.99. The van der Waals surface area contributed by atoms with Gasteiger partial charge in [-0.25, -0.2) is 4.98 Å². The fourth-order valence-electron chi connectivity index (χ4n) is 1.71. The predicted molar refractivity (Wildman–Crippen MR) is 68.7 cm³/mol. The molecule has 1 aliphatic rings. The maximum Gasteiger partial charge on any atom is 0.268 e. The SMILES string of the molecule is O=c1[nH]cnc(OCC2CCNCC2)c1I. The first-order valence-corrected chi connectivity index (χ1v) is 6.42. The fraction of sp³-hybridized carbons (Fsp3) is 0.600. The van der Waals surface area contributed by atoms with Gasteiger partial charge >= 0.3 is 0 Å². The Morgan fingerprint density at radius 2 is 2.25 bits per heavy atom. The number of aromatic amines is 1. The van der Waals surface area contributed by atoms with Crippen LogP contribution in [0.1, 0.15) is 12.8 Å². The molecule has 2 N–H and O–H groups in total. The molecular formula is C10H14IN3O2. The quantitative estimate of drug-likeness (QED) is 0.800. The van der Waals surface area contributed by atoms with Crippen molar-refractivity contribution in [3.8, 4) is 5.88 Å². The van der Waals surface area contributed by atoms with E-state index >= 15 is 0 Å². The average Bonchev–Trinajstić information content (AvgIpc) is 2.32. The molecule has 88 valence electrons. The number of nitrogens with zero attached hydrogens (tertiary/aromatic N) is 1. The molecule has 1 aromatic rings. The highest BCUT2D eigenvalue weighted by Crippen LogP contribution is 2.16. The summed E-state index contributed by atoms with van der Waals surface area (Å²) in [7, 11) is 0. The zero-order valence-corrected chi connectivity index (χ0v) is 11.0. The highest BCUT2D eigenvalue weighted by molar-refractivity contribution is 14.1. The summed E-state index contributed by atoms with van der Waals surface area (Å²) < 4.78 is 6.11. The Morgan fingerprint density at radius 1 is 1.50 bits per heavy atom. The number of rotatable bonds is 3. The number of halogens is 1. The third-order valence-electron chi connectivity index (χ3n) is 2.68. The summed E-state index contributed by atoms with van der Waals surface area (Å²) in [5.41, 5.74) is -0.143. The lowest BCUT2D eigenvalue weighted by Gasteiger charge is -2.22. The van der Waals surface area contributed by atoms with Crippen molar-refractivity contribution in [2.24, 2.45) is 5.92 Å². The summed E-state index contributed by atoms with van der Waals surface area (Å²) in [5.74, 6) is 1.01. The van der Waals surface area contributed by atoms with Gasteiger partial charge in [-0.1, -0.05) is 0 Å². The van der Waals surface area contributed by atoms with Crippen molar-refractivity contribution in [2.75, 3.05) is 19.7 Å². The molecule has 0 radical (unpaired) electrons. The van der Waals surface area contributed by atoms with Crippen LogP contribution in [0.5, 0.6) is 5.88 Å². The van der Waals surface area contributed by atoms with Gasteiger partial charge in [-0.05, 0) is 54.4 Å². The first-order chi connectivity index (χ1) is 7.77. The van der Waals surface area contributed by atoms with Gasteiger partial charge in [0.1, 0.15) is 3.57 Å². The Bertz CT molecular complexity index is 401. The topological polar surface area (TPSA) is 67.0 Å². The molecule has 0 spiro atoms. The number of H-pyrrole nitrogens is 1. The number of hydrogen-bond acceptors (Lipinski definition) is 4. The summed E-state index contributed by atoms with van der Waals surface area (Å²) in [6.07, 6.45) is 3.63. The second-order valence-corrected chi connectivity index (χ2v) is 4.93. The van der Waals surface area contributed by atoms with Crippen LogP contribution < -0.4 is 15.6 Å². The van der Waals surface area contributed by atoms with Crippen LogP contribution >= 0.6 is 22.6 Å². The van der Waals surface area contributed by atoms with E-state index in [-0.39, 0.29) is 5.56 Å². The molecule has 0 unspecified atom stereocenters. The second kappa shape index (κ2) is 5.62. The van der Waals surface area contributed by atoms with Crippen molar-refractivity contribution in [3.05, 3.63) is 20.3 Å². The Kier molecular flexibility index (Phi) is 4.16. The monoisotopic (exact) mass is 335 g/mol. The van der Waals surface area contributed by atoms with Crippen LogP contribution in [0.25, 0.3) is 0 Å². The molecule has 16 heavy (non-hydrogen) atoms. The first-order valence-electron chi connectivity index (χ1n) is 5.34. The van der Waals surface area contributed by atoms with Gasteiger partial charge in [0.15, 0.2) is 0 Å². The molecule has 1 aromatic heterocycles. The lowest BCUT2D eigenvalue weighted by molar-refractivity contribution is 0.207. The van der Waals surface area contributed by atoms with Crippen LogP contribution in [0.2, 0.25) is 0 Å². The molecule has 0 saturated carbocycles. The minimum Gasteiger partial charge on any atom is -0.476 e. The van der Waals surface area contributed by atoms with Crippen LogP contribution in [-0.4, -0.2) is 29.7 Å². The van der Waals surface area contributed by atoms with Gasteiger partial charge < -0.3 is 15.0 Å². The molecule has 2 heterocycles. The minimum absolute atomic E-state index is 0.143. The average molecular weight is 335 g/mol. The van der Waals surface area contributed by atoms with Gasteiger partial charge in [-0.3, -0.25) is 4.79 Å². The Labute approximate surface area is 107 Å². The van der Waals surface area contributed by atoms with E-state index < -0.39 is 0 Å². The van der Waals surface area contributed by atoms with Crippen molar-refractivity contribution in [1.82, 2.24) is 15.3 Å². The van der Waals surface area contributed by atoms with E-state index in [9.17, 15) is 4.79 Å². The largest absolute Gasteiger partial charge is 0.476 e. The normalized spacial score (nSPS) is 17.3. The third-order valence-corrected chi connectivity index (χ3v) is 3.63. The minimum atomic E-state index is -0.143. The number of ether oxygens (including phenoxy) is 1. The summed E-state index contributed by atoms with van der Waals surface area (Å²) in [4.78, 5) is 17.8. The fourth-order valence-corrected chi connectivity index (χ4v) is 2.16. The summed E-state index contributed by atoms with van der Waals surface area (Å²) in [5, 5.41) is 3.31. The van der Waals surface area contributed by atoms with E-state index in [1.54, 1.807) is 0 Å². The van der Waals surface area contributed by atoms with Gasteiger partial charge in [0, 0.05) is 0 Å². The molecule has 0 aliphatic carbocycles. The van der Waals surface area contributed by atoms with Gasteiger partial charge in [0.25, 0.3) is 5.56 Å². The molecular weight excluding hydrogens is 321 g/mol. The van der Waals surface area contributed by atoms with Crippen molar-refractivity contribution >= 4 is 22.6 Å². The lowest BCUT2D eigenvalue weighted by Crippen LogP contribution is -2.31. The molecule has 5 nitrogen and oxygen atoms in total. The molecule has 0 atom stereocenters. The van der Waals surface area contributed by atoms with E-state index in [0.29, 0.717) is 22.0 Å². The molecule has 1 fully saturated rings.